The van der Waals surface area contributed by atoms with E-state index in [1.54, 1.807) is 11.0 Å². The second-order valence-corrected chi connectivity index (χ2v) is 4.22. The summed E-state index contributed by atoms with van der Waals surface area (Å²) in [4.78, 5) is 13.6. The van der Waals surface area contributed by atoms with Crippen LogP contribution in [0.1, 0.15) is 33.1 Å². The maximum absolute atomic E-state index is 12.0. The summed E-state index contributed by atoms with van der Waals surface area (Å²) in [7, 11) is 0. The molecule has 4 heteroatoms. The molecule has 2 atom stereocenters. The number of thiocarbonyl (C=S) groups is 1. The van der Waals surface area contributed by atoms with E-state index in [-0.39, 0.29) is 18.0 Å². The molecule has 1 aliphatic rings. The predicted molar refractivity (Wildman–Crippen MR) is 65.6 cm³/mol. The van der Waals surface area contributed by atoms with Crippen molar-refractivity contribution in [2.24, 2.45) is 0 Å². The van der Waals surface area contributed by atoms with Gasteiger partial charge in [0.25, 0.3) is 5.91 Å². The Morgan fingerprint density at radius 3 is 2.93 bits per heavy atom. The maximum Gasteiger partial charge on any atom is 0.251 e. The molecule has 0 aromatic rings. The van der Waals surface area contributed by atoms with Crippen molar-refractivity contribution in [3.63, 3.8) is 0 Å². The number of nitrogens with zero attached hydrogens (tertiary/aromatic N) is 1. The Kier molecular flexibility index (Phi) is 4.27. The van der Waals surface area contributed by atoms with Crippen molar-refractivity contribution in [3.05, 3.63) is 12.7 Å². The Labute approximate surface area is 96.5 Å². The summed E-state index contributed by atoms with van der Waals surface area (Å²) < 4.78 is 0. The molecule has 84 valence electrons. The van der Waals surface area contributed by atoms with Gasteiger partial charge in [0.2, 0.25) is 0 Å². The average Bonchev–Trinajstić information content (AvgIpc) is 2.50. The maximum atomic E-state index is 12.0. The van der Waals surface area contributed by atoms with Gasteiger partial charge < -0.3 is 5.32 Å². The van der Waals surface area contributed by atoms with E-state index in [0.29, 0.717) is 5.11 Å². The van der Waals surface area contributed by atoms with Gasteiger partial charge in [-0.15, -0.1) is 6.58 Å². The topological polar surface area (TPSA) is 32.3 Å². The Morgan fingerprint density at radius 1 is 1.73 bits per heavy atom. The number of carbonyl (C=O) groups is 1. The van der Waals surface area contributed by atoms with Gasteiger partial charge in [-0.2, -0.15) is 0 Å². The molecular weight excluding hydrogens is 208 g/mol. The molecule has 1 fully saturated rings. The summed E-state index contributed by atoms with van der Waals surface area (Å²) in [6.45, 7) is 7.71. The van der Waals surface area contributed by atoms with Crippen LogP contribution in [0.15, 0.2) is 12.7 Å². The third kappa shape index (κ3) is 2.56. The molecule has 2 unspecified atom stereocenters. The lowest BCUT2D eigenvalue weighted by atomic mass is 10.1. The lowest BCUT2D eigenvalue weighted by Crippen LogP contribution is -2.37. The monoisotopic (exact) mass is 226 g/mol. The van der Waals surface area contributed by atoms with Crippen LogP contribution in [0, 0.1) is 0 Å². The normalized spacial score (nSPS) is 22.8. The number of unbranched alkanes of at least 4 members (excludes halogenated alkanes) is 1. The molecular formula is C11H18N2OS. The van der Waals surface area contributed by atoms with Crippen LogP contribution < -0.4 is 5.32 Å². The zero-order chi connectivity index (χ0) is 11.4. The predicted octanol–water partition coefficient (Wildman–Crippen LogP) is 1.84. The van der Waals surface area contributed by atoms with E-state index >= 15 is 0 Å². The Bertz CT molecular complexity index is 278. The number of hydrogen-bond donors (Lipinski definition) is 1. The molecule has 0 radical (unpaired) electrons. The summed E-state index contributed by atoms with van der Waals surface area (Å²) in [5.74, 6) is 0.0841. The van der Waals surface area contributed by atoms with Crippen LogP contribution in [-0.4, -0.2) is 28.0 Å². The molecule has 0 aromatic heterocycles. The minimum atomic E-state index is -0.125. The molecule has 15 heavy (non-hydrogen) atoms. The van der Waals surface area contributed by atoms with E-state index in [2.05, 4.69) is 18.8 Å². The molecule has 1 saturated heterocycles. The molecule has 1 N–H and O–H groups in total. The number of carbonyl (C=O) groups excluding carboxylic acids is 1. The van der Waals surface area contributed by atoms with Crippen LogP contribution >= 0.6 is 12.2 Å². The van der Waals surface area contributed by atoms with Gasteiger partial charge in [0, 0.05) is 0 Å². The first-order valence-corrected chi connectivity index (χ1v) is 5.78. The van der Waals surface area contributed by atoms with Crippen LogP contribution in [0.25, 0.3) is 0 Å². The van der Waals surface area contributed by atoms with Crippen molar-refractivity contribution in [1.82, 2.24) is 10.2 Å². The highest BCUT2D eigenvalue weighted by molar-refractivity contribution is 7.80. The average molecular weight is 226 g/mol. The molecule has 0 aliphatic carbocycles. The van der Waals surface area contributed by atoms with Crippen LogP contribution in [0.4, 0.5) is 0 Å². The third-order valence-electron chi connectivity index (χ3n) is 2.65. The largest absolute Gasteiger partial charge is 0.350 e. The summed E-state index contributed by atoms with van der Waals surface area (Å²) >= 11 is 5.13. The minimum absolute atomic E-state index is 0.0240. The molecule has 0 saturated carbocycles. The van der Waals surface area contributed by atoms with Crippen molar-refractivity contribution in [2.45, 2.75) is 45.2 Å². The minimum Gasteiger partial charge on any atom is -0.350 e. The summed E-state index contributed by atoms with van der Waals surface area (Å²) in [5, 5.41) is 3.60. The van der Waals surface area contributed by atoms with Gasteiger partial charge in [-0.25, -0.2) is 0 Å². The number of amides is 1. The smallest absolute Gasteiger partial charge is 0.251 e. The SMILES string of the molecule is C=CC(C)N1C(=O)C(CCCC)NC1=S. The highest BCUT2D eigenvalue weighted by Crippen LogP contribution is 2.15. The molecule has 1 amide bonds. The van der Waals surface area contributed by atoms with Crippen LogP contribution in [0.3, 0.4) is 0 Å². The highest BCUT2D eigenvalue weighted by Gasteiger charge is 2.36. The Balaban J connectivity index is 2.66. The summed E-state index contributed by atoms with van der Waals surface area (Å²) in [6.07, 6.45) is 4.72. The Morgan fingerprint density at radius 2 is 2.40 bits per heavy atom. The zero-order valence-corrected chi connectivity index (χ0v) is 10.1. The van der Waals surface area contributed by atoms with Crippen LogP contribution in [-0.2, 0) is 4.79 Å². The third-order valence-corrected chi connectivity index (χ3v) is 2.96. The fourth-order valence-corrected chi connectivity index (χ4v) is 2.04. The van der Waals surface area contributed by atoms with E-state index in [4.69, 9.17) is 12.2 Å². The van der Waals surface area contributed by atoms with Gasteiger partial charge in [-0.1, -0.05) is 25.8 Å². The van der Waals surface area contributed by atoms with Gasteiger partial charge in [0.15, 0.2) is 5.11 Å². The van der Waals surface area contributed by atoms with Crippen LogP contribution in [0.2, 0.25) is 0 Å². The molecule has 3 nitrogen and oxygen atoms in total. The van der Waals surface area contributed by atoms with Crippen molar-refractivity contribution in [1.29, 1.82) is 0 Å². The van der Waals surface area contributed by atoms with Gasteiger partial charge in [-0.05, 0) is 25.6 Å². The molecule has 1 rings (SSSR count). The zero-order valence-electron chi connectivity index (χ0n) is 9.32. The second-order valence-electron chi connectivity index (χ2n) is 3.83. The van der Waals surface area contributed by atoms with Crippen molar-refractivity contribution in [2.75, 3.05) is 0 Å². The standard InChI is InChI=1S/C11H18N2OS/c1-4-6-7-9-10(14)13(8(3)5-2)11(15)12-9/h5,8-9H,2,4,6-7H2,1,3H3,(H,12,15). The molecule has 1 heterocycles. The second kappa shape index (κ2) is 5.26. The summed E-state index contributed by atoms with van der Waals surface area (Å²) in [5.41, 5.74) is 0. The fraction of sp³-hybridized carbons (Fsp3) is 0.636. The molecule has 0 aromatic carbocycles. The number of nitrogens with one attached hydrogen (secondary N) is 1. The van der Waals surface area contributed by atoms with Gasteiger partial charge >= 0.3 is 0 Å². The van der Waals surface area contributed by atoms with Gasteiger partial charge in [-0.3, -0.25) is 9.69 Å². The first-order chi connectivity index (χ1) is 7.11. The van der Waals surface area contributed by atoms with E-state index in [9.17, 15) is 4.79 Å². The quantitative estimate of drug-likeness (QED) is 0.573. The fourth-order valence-electron chi connectivity index (χ4n) is 1.64. The highest BCUT2D eigenvalue weighted by atomic mass is 32.1. The van der Waals surface area contributed by atoms with Gasteiger partial charge in [0.1, 0.15) is 6.04 Å². The van der Waals surface area contributed by atoms with E-state index < -0.39 is 0 Å². The molecule has 0 spiro atoms. The molecule has 0 bridgehead atoms. The number of hydrogen-bond acceptors (Lipinski definition) is 2. The lowest BCUT2D eigenvalue weighted by molar-refractivity contribution is -0.127. The van der Waals surface area contributed by atoms with E-state index in [1.807, 2.05) is 6.92 Å². The van der Waals surface area contributed by atoms with Crippen LogP contribution in [0.5, 0.6) is 0 Å². The van der Waals surface area contributed by atoms with Gasteiger partial charge in [0.05, 0.1) is 6.04 Å². The molecule has 1 aliphatic heterocycles. The Hall–Kier alpha value is -0.900. The lowest BCUT2D eigenvalue weighted by Gasteiger charge is -2.19. The van der Waals surface area contributed by atoms with E-state index in [0.717, 1.165) is 19.3 Å². The van der Waals surface area contributed by atoms with Crippen molar-refractivity contribution in [3.8, 4) is 0 Å². The number of rotatable bonds is 5. The van der Waals surface area contributed by atoms with Crippen molar-refractivity contribution < 1.29 is 4.79 Å². The first-order valence-electron chi connectivity index (χ1n) is 5.38. The first kappa shape index (κ1) is 12.2. The van der Waals surface area contributed by atoms with Crippen molar-refractivity contribution >= 4 is 23.2 Å². The summed E-state index contributed by atoms with van der Waals surface area (Å²) in [6, 6.07) is -0.149. The van der Waals surface area contributed by atoms with E-state index in [1.165, 1.54) is 0 Å².